The van der Waals surface area contributed by atoms with Crippen LogP contribution in [0.4, 0.5) is 0 Å². The van der Waals surface area contributed by atoms with Gasteiger partial charge in [-0.05, 0) is 36.6 Å². The number of hydrogen-bond acceptors (Lipinski definition) is 7. The van der Waals surface area contributed by atoms with Gasteiger partial charge in [0.15, 0.2) is 11.5 Å². The number of nitrogens with zero attached hydrogens (tertiary/aromatic N) is 1. The number of benzene rings is 2. The number of Topliss-reactive ketones (excluding diaryl/α,β-unsaturated/α-hetero) is 1. The molecular formula is C26H25NO6S. The molecule has 1 aliphatic heterocycles. The average molecular weight is 480 g/mol. The Labute approximate surface area is 201 Å². The summed E-state index contributed by atoms with van der Waals surface area (Å²) in [7, 11) is 4.50. The van der Waals surface area contributed by atoms with E-state index in [0.29, 0.717) is 28.4 Å². The number of ether oxygens (including phenoxy) is 3. The van der Waals surface area contributed by atoms with E-state index < -0.39 is 17.7 Å². The van der Waals surface area contributed by atoms with E-state index in [9.17, 15) is 14.7 Å². The zero-order valence-corrected chi connectivity index (χ0v) is 20.1. The molecule has 1 unspecified atom stereocenters. The van der Waals surface area contributed by atoms with Gasteiger partial charge in [0.2, 0.25) is 0 Å². The highest BCUT2D eigenvalue weighted by Gasteiger charge is 2.47. The lowest BCUT2D eigenvalue weighted by Crippen LogP contribution is -2.29. The van der Waals surface area contributed by atoms with E-state index in [1.165, 1.54) is 37.6 Å². The smallest absolute Gasteiger partial charge is 0.295 e. The fourth-order valence-electron chi connectivity index (χ4n) is 4.22. The number of thiophene rings is 1. The van der Waals surface area contributed by atoms with Crippen LogP contribution in [0.15, 0.2) is 59.5 Å². The van der Waals surface area contributed by atoms with Gasteiger partial charge >= 0.3 is 0 Å². The van der Waals surface area contributed by atoms with E-state index in [2.05, 4.69) is 0 Å². The van der Waals surface area contributed by atoms with Crippen LogP contribution in [0.25, 0.3) is 5.76 Å². The Morgan fingerprint density at radius 1 is 1.00 bits per heavy atom. The molecule has 0 bridgehead atoms. The van der Waals surface area contributed by atoms with Gasteiger partial charge in [0.25, 0.3) is 11.7 Å². The Morgan fingerprint density at radius 2 is 1.76 bits per heavy atom. The van der Waals surface area contributed by atoms with Crippen LogP contribution in [0.5, 0.6) is 17.2 Å². The number of para-hydroxylation sites is 1. The highest BCUT2D eigenvalue weighted by atomic mass is 32.1. The van der Waals surface area contributed by atoms with Gasteiger partial charge in [-0.2, -0.15) is 0 Å². The summed E-state index contributed by atoms with van der Waals surface area (Å²) in [5.41, 5.74) is 1.71. The minimum absolute atomic E-state index is 0.0305. The summed E-state index contributed by atoms with van der Waals surface area (Å²) < 4.78 is 16.5. The minimum atomic E-state index is -0.891. The van der Waals surface area contributed by atoms with E-state index >= 15 is 0 Å². The van der Waals surface area contributed by atoms with Crippen LogP contribution < -0.4 is 14.2 Å². The average Bonchev–Trinajstić information content (AvgIpc) is 3.45. The van der Waals surface area contributed by atoms with Gasteiger partial charge in [0.05, 0.1) is 45.1 Å². The first-order chi connectivity index (χ1) is 16.4. The third-order valence-electron chi connectivity index (χ3n) is 5.78. The van der Waals surface area contributed by atoms with E-state index in [0.717, 1.165) is 10.4 Å². The van der Waals surface area contributed by atoms with Gasteiger partial charge < -0.3 is 24.2 Å². The zero-order valence-electron chi connectivity index (χ0n) is 19.3. The van der Waals surface area contributed by atoms with Crippen molar-refractivity contribution in [1.29, 1.82) is 0 Å². The Bertz CT molecular complexity index is 1260. The standard InChI is InChI=1S/C26H25NO6S/c1-15-10-11-19(31-2)18(13-15)23(28)21-22(17-8-5-9-20(32-3)25(17)33-4)27(26(30)24(21)29)14-16-7-6-12-34-16/h5-13,22,28H,14H2,1-4H3/b23-21+. The van der Waals surface area contributed by atoms with Crippen LogP contribution in [0.3, 0.4) is 0 Å². The maximum atomic E-state index is 13.4. The summed E-state index contributed by atoms with van der Waals surface area (Å²) in [5.74, 6) is -0.541. The van der Waals surface area contributed by atoms with Gasteiger partial charge in [-0.3, -0.25) is 9.59 Å². The molecule has 176 valence electrons. The van der Waals surface area contributed by atoms with Crippen molar-refractivity contribution in [3.63, 3.8) is 0 Å². The van der Waals surface area contributed by atoms with Crippen molar-refractivity contribution in [3.8, 4) is 17.2 Å². The van der Waals surface area contributed by atoms with E-state index in [1.807, 2.05) is 30.5 Å². The molecule has 0 aliphatic carbocycles. The second kappa shape index (κ2) is 9.61. The van der Waals surface area contributed by atoms with Crippen LogP contribution in [0, 0.1) is 6.92 Å². The summed E-state index contributed by atoms with van der Waals surface area (Å²) in [5, 5.41) is 13.3. The summed E-state index contributed by atoms with van der Waals surface area (Å²) in [6.45, 7) is 2.07. The summed E-state index contributed by atoms with van der Waals surface area (Å²) in [6.07, 6.45) is 0. The second-order valence-corrected chi connectivity index (χ2v) is 8.83. The molecule has 0 saturated carbocycles. The predicted molar refractivity (Wildman–Crippen MR) is 129 cm³/mol. The molecule has 1 N–H and O–H groups in total. The number of methoxy groups -OCH3 is 3. The molecule has 2 heterocycles. The van der Waals surface area contributed by atoms with Crippen molar-refractivity contribution in [1.82, 2.24) is 4.90 Å². The number of aliphatic hydroxyl groups is 1. The van der Waals surface area contributed by atoms with E-state index in [1.54, 1.807) is 30.3 Å². The number of aliphatic hydroxyl groups excluding tert-OH is 1. The molecule has 1 fully saturated rings. The van der Waals surface area contributed by atoms with E-state index in [-0.39, 0.29) is 17.9 Å². The van der Waals surface area contributed by atoms with Crippen molar-refractivity contribution in [2.24, 2.45) is 0 Å². The summed E-state index contributed by atoms with van der Waals surface area (Å²) in [4.78, 5) is 29.0. The molecule has 3 aromatic rings. The van der Waals surface area contributed by atoms with Crippen molar-refractivity contribution in [2.45, 2.75) is 19.5 Å². The Kier molecular flexibility index (Phi) is 6.61. The maximum Gasteiger partial charge on any atom is 0.295 e. The number of ketones is 1. The lowest BCUT2D eigenvalue weighted by atomic mass is 9.93. The number of hydrogen-bond donors (Lipinski definition) is 1. The highest BCUT2D eigenvalue weighted by molar-refractivity contribution is 7.09. The lowest BCUT2D eigenvalue weighted by molar-refractivity contribution is -0.140. The Morgan fingerprint density at radius 3 is 2.41 bits per heavy atom. The number of likely N-dealkylation sites (tertiary alicyclic amines) is 1. The minimum Gasteiger partial charge on any atom is -0.507 e. The molecule has 34 heavy (non-hydrogen) atoms. The van der Waals surface area contributed by atoms with Crippen LogP contribution in [-0.4, -0.2) is 43.0 Å². The zero-order chi connectivity index (χ0) is 24.4. The molecule has 1 amide bonds. The van der Waals surface area contributed by atoms with Gasteiger partial charge in [0.1, 0.15) is 11.5 Å². The van der Waals surface area contributed by atoms with Gasteiger partial charge in [-0.15, -0.1) is 11.3 Å². The molecular weight excluding hydrogens is 454 g/mol. The molecule has 8 heteroatoms. The fourth-order valence-corrected chi connectivity index (χ4v) is 4.92. The predicted octanol–water partition coefficient (Wildman–Crippen LogP) is 4.70. The third kappa shape index (κ3) is 4.01. The van der Waals surface area contributed by atoms with Crippen LogP contribution in [0.1, 0.15) is 27.6 Å². The first kappa shape index (κ1) is 23.4. The molecule has 1 aromatic heterocycles. The second-order valence-electron chi connectivity index (χ2n) is 7.79. The van der Waals surface area contributed by atoms with Gasteiger partial charge in [0, 0.05) is 10.4 Å². The largest absolute Gasteiger partial charge is 0.507 e. The Balaban J connectivity index is 1.99. The van der Waals surface area contributed by atoms with Gasteiger partial charge in [-0.25, -0.2) is 0 Å². The van der Waals surface area contributed by atoms with Crippen LogP contribution >= 0.6 is 11.3 Å². The third-order valence-corrected chi connectivity index (χ3v) is 6.65. The number of aryl methyl sites for hydroxylation is 1. The number of rotatable bonds is 7. The number of amides is 1. The molecule has 1 atom stereocenters. The summed E-state index contributed by atoms with van der Waals surface area (Å²) >= 11 is 1.48. The first-order valence-corrected chi connectivity index (χ1v) is 11.5. The SMILES string of the molecule is COc1ccc(C)cc1/C(O)=C1\C(=O)C(=O)N(Cc2cccs2)C1c1cccc(OC)c1OC. The number of carbonyl (C=O) groups is 2. The topological polar surface area (TPSA) is 85.3 Å². The molecule has 0 radical (unpaired) electrons. The van der Waals surface area contributed by atoms with Crippen LogP contribution in [-0.2, 0) is 16.1 Å². The fraction of sp³-hybridized carbons (Fsp3) is 0.231. The van der Waals surface area contributed by atoms with Crippen molar-refractivity contribution in [3.05, 3.63) is 81.1 Å². The maximum absolute atomic E-state index is 13.4. The summed E-state index contributed by atoms with van der Waals surface area (Å²) in [6, 6.07) is 13.4. The van der Waals surface area contributed by atoms with Crippen LogP contribution in [0.2, 0.25) is 0 Å². The Hall–Kier alpha value is -3.78. The molecule has 1 saturated heterocycles. The quantitative estimate of drug-likeness (QED) is 0.300. The molecule has 1 aliphatic rings. The lowest BCUT2D eigenvalue weighted by Gasteiger charge is -2.27. The monoisotopic (exact) mass is 479 g/mol. The molecule has 4 rings (SSSR count). The molecule has 2 aromatic carbocycles. The molecule has 0 spiro atoms. The number of carbonyl (C=O) groups excluding carboxylic acids is 2. The highest BCUT2D eigenvalue weighted by Crippen LogP contribution is 2.46. The molecule has 7 nitrogen and oxygen atoms in total. The first-order valence-electron chi connectivity index (χ1n) is 10.6. The normalized spacial score (nSPS) is 17.2. The van der Waals surface area contributed by atoms with Gasteiger partial charge in [-0.1, -0.05) is 29.8 Å². The van der Waals surface area contributed by atoms with Crippen molar-refractivity contribution in [2.75, 3.05) is 21.3 Å². The van der Waals surface area contributed by atoms with Crippen molar-refractivity contribution < 1.29 is 28.9 Å². The van der Waals surface area contributed by atoms with E-state index in [4.69, 9.17) is 14.2 Å². The van der Waals surface area contributed by atoms with Crippen molar-refractivity contribution >= 4 is 28.8 Å².